The van der Waals surface area contributed by atoms with E-state index in [4.69, 9.17) is 9.47 Å². The van der Waals surface area contributed by atoms with Crippen LogP contribution in [0.1, 0.15) is 12.0 Å². The summed E-state index contributed by atoms with van der Waals surface area (Å²) in [5, 5.41) is 0. The first-order valence-corrected chi connectivity index (χ1v) is 6.94. The topological polar surface area (TPSA) is 38.8 Å². The Bertz CT molecular complexity index is 640. The number of hydrogen-bond acceptors (Lipinski definition) is 3. The quantitative estimate of drug-likeness (QED) is 0.865. The molecule has 3 rings (SSSR count). The van der Waals surface area contributed by atoms with Crippen molar-refractivity contribution >= 4 is 11.6 Å². The van der Waals surface area contributed by atoms with E-state index in [0.29, 0.717) is 12.8 Å². The van der Waals surface area contributed by atoms with E-state index in [2.05, 4.69) is 0 Å². The molecule has 0 saturated carbocycles. The van der Waals surface area contributed by atoms with E-state index in [1.54, 1.807) is 11.9 Å². The second-order valence-corrected chi connectivity index (χ2v) is 4.98. The Kier molecular flexibility index (Phi) is 3.77. The predicted octanol–water partition coefficient (Wildman–Crippen LogP) is 3.01. The fraction of sp³-hybridized carbons (Fsp3) is 0.235. The van der Waals surface area contributed by atoms with E-state index in [1.807, 2.05) is 48.5 Å². The minimum absolute atomic E-state index is 0.0962. The van der Waals surface area contributed by atoms with Gasteiger partial charge in [-0.05, 0) is 36.2 Å². The van der Waals surface area contributed by atoms with Crippen LogP contribution in [0.4, 0.5) is 5.69 Å². The Labute approximate surface area is 123 Å². The second kappa shape index (κ2) is 5.87. The molecule has 0 aliphatic carbocycles. The van der Waals surface area contributed by atoms with Gasteiger partial charge < -0.3 is 14.4 Å². The zero-order chi connectivity index (χ0) is 14.7. The van der Waals surface area contributed by atoms with Crippen molar-refractivity contribution < 1.29 is 14.3 Å². The van der Waals surface area contributed by atoms with Crippen LogP contribution in [0.5, 0.6) is 11.5 Å². The van der Waals surface area contributed by atoms with Crippen molar-refractivity contribution in [2.75, 3.05) is 18.7 Å². The molecular weight excluding hydrogens is 266 g/mol. The Morgan fingerprint density at radius 3 is 2.67 bits per heavy atom. The Morgan fingerprint density at radius 2 is 1.86 bits per heavy atom. The Balaban J connectivity index is 1.61. The van der Waals surface area contributed by atoms with E-state index in [9.17, 15) is 4.79 Å². The van der Waals surface area contributed by atoms with E-state index in [0.717, 1.165) is 22.7 Å². The third kappa shape index (κ3) is 2.99. The predicted molar refractivity (Wildman–Crippen MR) is 80.7 cm³/mol. The smallest absolute Gasteiger partial charge is 0.231 e. The van der Waals surface area contributed by atoms with Crippen molar-refractivity contribution in [3.05, 3.63) is 54.1 Å². The highest BCUT2D eigenvalue weighted by Gasteiger charge is 2.15. The van der Waals surface area contributed by atoms with Gasteiger partial charge >= 0.3 is 0 Å². The highest BCUT2D eigenvalue weighted by Crippen LogP contribution is 2.32. The number of carbonyl (C=O) groups excluding carboxylic acids is 1. The molecule has 1 amide bonds. The lowest BCUT2D eigenvalue weighted by molar-refractivity contribution is -0.118. The van der Waals surface area contributed by atoms with E-state index in [-0.39, 0.29) is 12.7 Å². The molecule has 1 aliphatic rings. The molecule has 0 unspecified atom stereocenters. The maximum absolute atomic E-state index is 12.2. The summed E-state index contributed by atoms with van der Waals surface area (Å²) in [7, 11) is 1.80. The largest absolute Gasteiger partial charge is 0.454 e. The van der Waals surface area contributed by atoms with E-state index >= 15 is 0 Å². The minimum atomic E-state index is 0.0962. The number of aryl methyl sites for hydroxylation is 1. The molecule has 21 heavy (non-hydrogen) atoms. The molecule has 0 bridgehead atoms. The van der Waals surface area contributed by atoms with Crippen molar-refractivity contribution in [3.63, 3.8) is 0 Å². The summed E-state index contributed by atoms with van der Waals surface area (Å²) < 4.78 is 10.6. The summed E-state index contributed by atoms with van der Waals surface area (Å²) in [5.74, 6) is 1.63. The maximum Gasteiger partial charge on any atom is 0.231 e. The van der Waals surface area contributed by atoms with Gasteiger partial charge in [0.05, 0.1) is 0 Å². The lowest BCUT2D eigenvalue weighted by atomic mass is 10.1. The fourth-order valence-corrected chi connectivity index (χ4v) is 2.31. The summed E-state index contributed by atoms with van der Waals surface area (Å²) in [6.07, 6.45) is 1.15. The molecule has 0 aromatic heterocycles. The first-order valence-electron chi connectivity index (χ1n) is 6.94. The fourth-order valence-electron chi connectivity index (χ4n) is 2.31. The number of fused-ring (bicyclic) bond motifs is 1. The van der Waals surface area contributed by atoms with Crippen molar-refractivity contribution in [3.8, 4) is 11.5 Å². The van der Waals surface area contributed by atoms with Gasteiger partial charge in [-0.1, -0.05) is 24.3 Å². The van der Waals surface area contributed by atoms with Crippen molar-refractivity contribution in [1.29, 1.82) is 0 Å². The molecule has 0 atom stereocenters. The molecule has 1 heterocycles. The lowest BCUT2D eigenvalue weighted by Gasteiger charge is -2.17. The summed E-state index contributed by atoms with van der Waals surface area (Å²) in [6.45, 7) is 0.272. The van der Waals surface area contributed by atoms with Gasteiger partial charge in [0.1, 0.15) is 0 Å². The molecule has 0 fully saturated rings. The van der Waals surface area contributed by atoms with Gasteiger partial charge in [-0.3, -0.25) is 4.79 Å². The number of para-hydroxylation sites is 1. The number of benzene rings is 2. The summed E-state index contributed by atoms with van der Waals surface area (Å²) in [5.41, 5.74) is 1.99. The van der Waals surface area contributed by atoms with Crippen LogP contribution in [0.3, 0.4) is 0 Å². The number of anilines is 1. The van der Waals surface area contributed by atoms with Crippen LogP contribution in [0.15, 0.2) is 48.5 Å². The average molecular weight is 283 g/mol. The first-order chi connectivity index (χ1) is 10.2. The molecule has 4 heteroatoms. The van der Waals surface area contributed by atoms with Gasteiger partial charge in [0, 0.05) is 19.2 Å². The van der Waals surface area contributed by atoms with Gasteiger partial charge in [-0.25, -0.2) is 0 Å². The second-order valence-electron chi connectivity index (χ2n) is 4.98. The summed E-state index contributed by atoms with van der Waals surface area (Å²) in [4.78, 5) is 13.9. The van der Waals surface area contributed by atoms with Crippen molar-refractivity contribution in [2.45, 2.75) is 12.8 Å². The van der Waals surface area contributed by atoms with Gasteiger partial charge in [0.2, 0.25) is 12.7 Å². The zero-order valence-corrected chi connectivity index (χ0v) is 11.9. The van der Waals surface area contributed by atoms with E-state index < -0.39 is 0 Å². The van der Waals surface area contributed by atoms with Crippen LogP contribution >= 0.6 is 0 Å². The Hall–Kier alpha value is -2.49. The number of nitrogens with zero attached hydrogens (tertiary/aromatic N) is 1. The van der Waals surface area contributed by atoms with Gasteiger partial charge in [0.15, 0.2) is 11.5 Å². The number of hydrogen-bond donors (Lipinski definition) is 0. The number of amides is 1. The molecule has 0 N–H and O–H groups in total. The molecule has 2 aromatic carbocycles. The minimum Gasteiger partial charge on any atom is -0.454 e. The van der Waals surface area contributed by atoms with E-state index in [1.165, 1.54) is 0 Å². The zero-order valence-electron chi connectivity index (χ0n) is 11.9. The maximum atomic E-state index is 12.2. The molecule has 0 saturated heterocycles. The van der Waals surface area contributed by atoms with Gasteiger partial charge in [-0.2, -0.15) is 0 Å². The summed E-state index contributed by atoms with van der Waals surface area (Å²) in [6, 6.07) is 15.5. The monoisotopic (exact) mass is 283 g/mol. The average Bonchev–Trinajstić information content (AvgIpc) is 3.00. The molecule has 2 aromatic rings. The van der Waals surface area contributed by atoms with Crippen molar-refractivity contribution in [1.82, 2.24) is 0 Å². The van der Waals surface area contributed by atoms with Crippen molar-refractivity contribution in [2.24, 2.45) is 0 Å². The molecule has 108 valence electrons. The van der Waals surface area contributed by atoms with Crippen LogP contribution in [-0.4, -0.2) is 19.7 Å². The van der Waals surface area contributed by atoms with Crippen LogP contribution in [0.2, 0.25) is 0 Å². The third-order valence-corrected chi connectivity index (χ3v) is 3.58. The van der Waals surface area contributed by atoms with Crippen LogP contribution in [-0.2, 0) is 11.2 Å². The van der Waals surface area contributed by atoms with Crippen LogP contribution in [0.25, 0.3) is 0 Å². The molecule has 0 spiro atoms. The first kappa shape index (κ1) is 13.5. The van der Waals surface area contributed by atoms with Gasteiger partial charge in [-0.15, -0.1) is 0 Å². The standard InChI is InChI=1S/C17H17NO3/c1-18(14-5-3-2-4-6-14)17(19)10-8-13-7-9-15-16(11-13)21-12-20-15/h2-7,9,11H,8,10,12H2,1H3. The van der Waals surface area contributed by atoms with Crippen LogP contribution in [0, 0.1) is 0 Å². The highest BCUT2D eigenvalue weighted by molar-refractivity contribution is 5.92. The summed E-state index contributed by atoms with van der Waals surface area (Å²) >= 11 is 0. The molecule has 0 radical (unpaired) electrons. The molecular formula is C17H17NO3. The van der Waals surface area contributed by atoms with Gasteiger partial charge in [0.25, 0.3) is 0 Å². The Morgan fingerprint density at radius 1 is 1.10 bits per heavy atom. The SMILES string of the molecule is CN(C(=O)CCc1ccc2c(c1)OCO2)c1ccccc1. The number of carbonyl (C=O) groups is 1. The van der Waals surface area contributed by atoms with Crippen LogP contribution < -0.4 is 14.4 Å². The highest BCUT2D eigenvalue weighted by atomic mass is 16.7. The number of ether oxygens (including phenoxy) is 2. The third-order valence-electron chi connectivity index (χ3n) is 3.58. The number of rotatable bonds is 4. The molecule has 4 nitrogen and oxygen atoms in total. The lowest BCUT2D eigenvalue weighted by Crippen LogP contribution is -2.26. The normalized spacial score (nSPS) is 12.2. The molecule has 1 aliphatic heterocycles.